The zero-order valence-electron chi connectivity index (χ0n) is 15.8. The van der Waals surface area contributed by atoms with Crippen LogP contribution in [-0.4, -0.2) is 22.6 Å². The van der Waals surface area contributed by atoms with Crippen molar-refractivity contribution in [1.29, 1.82) is 0 Å². The molecule has 1 atom stereocenters. The molecule has 2 heterocycles. The van der Waals surface area contributed by atoms with Gasteiger partial charge in [-0.05, 0) is 17.7 Å². The van der Waals surface area contributed by atoms with Crippen LogP contribution in [0.2, 0.25) is 0 Å². The fraction of sp³-hybridized carbons (Fsp3) is 0.182. The molecule has 2 aromatic carbocycles. The highest BCUT2D eigenvalue weighted by atomic mass is 16.5. The van der Waals surface area contributed by atoms with Crippen molar-refractivity contribution in [2.45, 2.75) is 12.5 Å². The minimum absolute atomic E-state index is 0.102. The third-order valence-corrected chi connectivity index (χ3v) is 4.77. The molecule has 28 heavy (non-hydrogen) atoms. The number of rotatable bonds is 6. The molecule has 6 nitrogen and oxygen atoms in total. The number of aromatic nitrogens is 2. The minimum Gasteiger partial charge on any atom is -0.497 e. The maximum atomic E-state index is 12.9. The van der Waals surface area contributed by atoms with E-state index in [1.807, 2.05) is 66.3 Å². The Bertz CT molecular complexity index is 1100. The second kappa shape index (κ2) is 7.60. The van der Waals surface area contributed by atoms with E-state index >= 15 is 0 Å². The van der Waals surface area contributed by atoms with Gasteiger partial charge in [-0.15, -0.1) is 0 Å². The lowest BCUT2D eigenvalue weighted by molar-refractivity contribution is -0.121. The van der Waals surface area contributed by atoms with Crippen molar-refractivity contribution in [1.82, 2.24) is 14.9 Å². The lowest BCUT2D eigenvalue weighted by Crippen LogP contribution is -2.32. The summed E-state index contributed by atoms with van der Waals surface area (Å²) in [5, 5.41) is 4.02. The smallest absolute Gasteiger partial charge is 0.225 e. The van der Waals surface area contributed by atoms with Crippen LogP contribution in [-0.2, 0) is 18.3 Å². The van der Waals surface area contributed by atoms with Gasteiger partial charge in [0.1, 0.15) is 23.2 Å². The Morgan fingerprint density at radius 1 is 1.25 bits per heavy atom. The van der Waals surface area contributed by atoms with E-state index in [1.165, 1.54) is 0 Å². The topological polar surface area (TPSA) is 69.3 Å². The van der Waals surface area contributed by atoms with E-state index in [9.17, 15) is 4.79 Å². The molecule has 0 bridgehead atoms. The van der Waals surface area contributed by atoms with Gasteiger partial charge < -0.3 is 19.0 Å². The predicted molar refractivity (Wildman–Crippen MR) is 106 cm³/mol. The van der Waals surface area contributed by atoms with E-state index in [4.69, 9.17) is 9.15 Å². The monoisotopic (exact) mass is 375 g/mol. The Kier molecular flexibility index (Phi) is 4.85. The van der Waals surface area contributed by atoms with Crippen molar-refractivity contribution in [2.75, 3.05) is 7.11 Å². The summed E-state index contributed by atoms with van der Waals surface area (Å²) in [5.41, 5.74) is 2.51. The van der Waals surface area contributed by atoms with E-state index < -0.39 is 0 Å². The van der Waals surface area contributed by atoms with Gasteiger partial charge in [-0.2, -0.15) is 0 Å². The molecular formula is C22H21N3O3. The molecule has 2 aromatic heterocycles. The number of carbonyl (C=O) groups excluding carboxylic acids is 1. The highest BCUT2D eigenvalue weighted by Gasteiger charge is 2.21. The molecule has 0 aliphatic rings. The maximum absolute atomic E-state index is 12.9. The van der Waals surface area contributed by atoms with Crippen LogP contribution in [0.15, 0.2) is 71.6 Å². The van der Waals surface area contributed by atoms with Crippen LogP contribution in [0.4, 0.5) is 0 Å². The first-order chi connectivity index (χ1) is 13.7. The standard InChI is InChI=1S/C22H21N3O3/c1-25-11-10-23-22(25)21(15-6-4-3-5-7-15)24-20(26)12-16-14-28-19-13-17(27-2)8-9-18(16)19/h3-11,13-14,21H,12H2,1-2H3,(H,24,26). The van der Waals surface area contributed by atoms with E-state index in [1.54, 1.807) is 19.6 Å². The van der Waals surface area contributed by atoms with E-state index in [0.29, 0.717) is 5.58 Å². The van der Waals surface area contributed by atoms with Crippen molar-refractivity contribution < 1.29 is 13.9 Å². The van der Waals surface area contributed by atoms with E-state index in [2.05, 4.69) is 10.3 Å². The predicted octanol–water partition coefficient (Wildman–Crippen LogP) is 3.62. The number of carbonyl (C=O) groups is 1. The van der Waals surface area contributed by atoms with Crippen molar-refractivity contribution in [2.24, 2.45) is 7.05 Å². The molecule has 0 spiro atoms. The van der Waals surface area contributed by atoms with Crippen molar-refractivity contribution in [3.8, 4) is 5.75 Å². The molecule has 0 saturated carbocycles. The molecule has 1 amide bonds. The number of amides is 1. The summed E-state index contributed by atoms with van der Waals surface area (Å²) < 4.78 is 12.7. The number of nitrogens with one attached hydrogen (secondary N) is 1. The summed E-state index contributed by atoms with van der Waals surface area (Å²) in [6, 6.07) is 15.1. The van der Waals surface area contributed by atoms with Gasteiger partial charge in [-0.3, -0.25) is 4.79 Å². The van der Waals surface area contributed by atoms with Gasteiger partial charge >= 0.3 is 0 Å². The number of fused-ring (bicyclic) bond motifs is 1. The van der Waals surface area contributed by atoms with Gasteiger partial charge in [-0.1, -0.05) is 30.3 Å². The molecule has 0 fully saturated rings. The first-order valence-electron chi connectivity index (χ1n) is 9.01. The first-order valence-corrected chi connectivity index (χ1v) is 9.01. The Labute approximate surface area is 162 Å². The van der Waals surface area contributed by atoms with Crippen molar-refractivity contribution >= 4 is 16.9 Å². The number of imidazole rings is 1. The highest BCUT2D eigenvalue weighted by Crippen LogP contribution is 2.26. The molecule has 0 radical (unpaired) electrons. The summed E-state index contributed by atoms with van der Waals surface area (Å²) in [4.78, 5) is 17.3. The zero-order chi connectivity index (χ0) is 19.5. The number of benzene rings is 2. The van der Waals surface area contributed by atoms with Gasteiger partial charge in [-0.25, -0.2) is 4.98 Å². The average molecular weight is 375 g/mol. The number of methoxy groups -OCH3 is 1. The van der Waals surface area contributed by atoms with Crippen LogP contribution < -0.4 is 10.1 Å². The fourth-order valence-electron chi connectivity index (χ4n) is 3.31. The van der Waals surface area contributed by atoms with Gasteiger partial charge in [0, 0.05) is 36.5 Å². The van der Waals surface area contributed by atoms with Crippen molar-refractivity contribution in [3.63, 3.8) is 0 Å². The summed E-state index contributed by atoms with van der Waals surface area (Å²) >= 11 is 0. The second-order valence-corrected chi connectivity index (χ2v) is 6.61. The summed E-state index contributed by atoms with van der Waals surface area (Å²) in [6.07, 6.45) is 5.44. The molecule has 4 rings (SSSR count). The lowest BCUT2D eigenvalue weighted by atomic mass is 10.0. The molecular weight excluding hydrogens is 354 g/mol. The number of nitrogens with zero attached hydrogens (tertiary/aromatic N) is 2. The van der Waals surface area contributed by atoms with Crippen LogP contribution in [0.25, 0.3) is 11.0 Å². The molecule has 1 unspecified atom stereocenters. The van der Waals surface area contributed by atoms with Gasteiger partial charge in [0.2, 0.25) is 5.91 Å². The third-order valence-electron chi connectivity index (χ3n) is 4.77. The Hall–Kier alpha value is -3.54. The maximum Gasteiger partial charge on any atom is 0.225 e. The Balaban J connectivity index is 1.58. The average Bonchev–Trinajstić information content (AvgIpc) is 3.32. The number of hydrogen-bond acceptors (Lipinski definition) is 4. The van der Waals surface area contributed by atoms with Crippen LogP contribution >= 0.6 is 0 Å². The molecule has 0 aliphatic carbocycles. The Morgan fingerprint density at radius 2 is 2.07 bits per heavy atom. The van der Waals surface area contributed by atoms with Gasteiger partial charge in [0.05, 0.1) is 19.8 Å². The highest BCUT2D eigenvalue weighted by molar-refractivity contribution is 5.88. The minimum atomic E-state index is -0.327. The Morgan fingerprint density at radius 3 is 2.79 bits per heavy atom. The summed E-state index contributed by atoms with van der Waals surface area (Å²) in [5.74, 6) is 1.40. The number of aryl methyl sites for hydroxylation is 1. The summed E-state index contributed by atoms with van der Waals surface area (Å²) in [6.45, 7) is 0. The molecule has 6 heteroatoms. The number of ether oxygens (including phenoxy) is 1. The van der Waals surface area contributed by atoms with Crippen LogP contribution in [0, 0.1) is 0 Å². The van der Waals surface area contributed by atoms with Gasteiger partial charge in [0.15, 0.2) is 0 Å². The van der Waals surface area contributed by atoms with Crippen LogP contribution in [0.1, 0.15) is 23.0 Å². The molecule has 4 aromatic rings. The molecule has 142 valence electrons. The second-order valence-electron chi connectivity index (χ2n) is 6.61. The van der Waals surface area contributed by atoms with Crippen molar-refractivity contribution in [3.05, 3.63) is 84.1 Å². The number of furan rings is 1. The van der Waals surface area contributed by atoms with Crippen LogP contribution in [0.5, 0.6) is 5.75 Å². The zero-order valence-corrected chi connectivity index (χ0v) is 15.8. The molecule has 0 aliphatic heterocycles. The van der Waals surface area contributed by atoms with E-state index in [0.717, 1.165) is 28.1 Å². The summed E-state index contributed by atoms with van der Waals surface area (Å²) in [7, 11) is 3.53. The van der Waals surface area contributed by atoms with Gasteiger partial charge in [0.25, 0.3) is 0 Å². The first kappa shape index (κ1) is 17.9. The molecule has 0 saturated heterocycles. The van der Waals surface area contributed by atoms with Crippen LogP contribution in [0.3, 0.4) is 0 Å². The lowest BCUT2D eigenvalue weighted by Gasteiger charge is -2.19. The van der Waals surface area contributed by atoms with E-state index in [-0.39, 0.29) is 18.4 Å². The quantitative estimate of drug-likeness (QED) is 0.559. The SMILES string of the molecule is COc1ccc2c(CC(=O)NC(c3ccccc3)c3nccn3C)coc2c1. The largest absolute Gasteiger partial charge is 0.497 e. The normalized spacial score (nSPS) is 12.1. The third kappa shape index (κ3) is 3.49. The number of hydrogen-bond donors (Lipinski definition) is 1. The molecule has 1 N–H and O–H groups in total. The fourth-order valence-corrected chi connectivity index (χ4v) is 3.31.